The van der Waals surface area contributed by atoms with E-state index >= 15 is 0 Å². The number of carbonyl (C=O) groups is 4. The molecule has 200 valence electrons. The lowest BCUT2D eigenvalue weighted by atomic mass is 10.3. The van der Waals surface area contributed by atoms with Crippen LogP contribution in [0.25, 0.3) is 0 Å². The lowest BCUT2D eigenvalue weighted by Crippen LogP contribution is -2.31. The zero-order chi connectivity index (χ0) is 26.8. The van der Waals surface area contributed by atoms with Crippen LogP contribution < -0.4 is 0 Å². The molecular weight excluding hydrogens is 545 g/mol. The summed E-state index contributed by atoms with van der Waals surface area (Å²) in [4.78, 5) is 56.8. The second kappa shape index (κ2) is 15.0. The molecule has 0 spiro atoms. The molecule has 14 heteroatoms. The maximum atomic E-state index is 13.0. The van der Waals surface area contributed by atoms with Crippen molar-refractivity contribution >= 4 is 80.4 Å². The standard InChI is InChI=1S/C22H32N4O6S4/c1-23(2)11-13-31-15(27)7-5-9-25-19(29)17(35-21(25)33)18-20(30)26(22(34)36-18)10-6-8-16(28)32-14-12-24(3)4/h5-14H2,1-4H3/b18-17-. The van der Waals surface area contributed by atoms with Crippen molar-refractivity contribution in [3.8, 4) is 0 Å². The molecule has 2 rings (SSSR count). The number of hydrogen-bond acceptors (Lipinski definition) is 12. The topological polar surface area (TPSA) is 99.7 Å². The van der Waals surface area contributed by atoms with Crippen LogP contribution in [-0.4, -0.2) is 120 Å². The summed E-state index contributed by atoms with van der Waals surface area (Å²) >= 11 is 12.8. The smallest absolute Gasteiger partial charge is 0.305 e. The van der Waals surface area contributed by atoms with Gasteiger partial charge in [-0.2, -0.15) is 0 Å². The molecule has 2 amide bonds. The van der Waals surface area contributed by atoms with E-state index in [1.54, 1.807) is 0 Å². The van der Waals surface area contributed by atoms with Crippen LogP contribution >= 0.6 is 48.0 Å². The van der Waals surface area contributed by atoms with E-state index in [0.717, 1.165) is 23.5 Å². The summed E-state index contributed by atoms with van der Waals surface area (Å²) in [6, 6.07) is 0. The highest BCUT2D eigenvalue weighted by atomic mass is 32.2. The van der Waals surface area contributed by atoms with Gasteiger partial charge in [0, 0.05) is 39.0 Å². The molecule has 10 nitrogen and oxygen atoms in total. The van der Waals surface area contributed by atoms with Crippen molar-refractivity contribution in [2.24, 2.45) is 0 Å². The largest absolute Gasteiger partial charge is 0.464 e. The number of esters is 2. The van der Waals surface area contributed by atoms with Gasteiger partial charge in [0.1, 0.15) is 21.9 Å². The Morgan fingerprint density at radius 3 is 1.44 bits per heavy atom. The van der Waals surface area contributed by atoms with Gasteiger partial charge >= 0.3 is 11.9 Å². The molecule has 0 aromatic heterocycles. The van der Waals surface area contributed by atoms with Crippen LogP contribution in [-0.2, 0) is 28.7 Å². The molecule has 0 N–H and O–H groups in total. The van der Waals surface area contributed by atoms with Crippen molar-refractivity contribution in [3.05, 3.63) is 9.81 Å². The van der Waals surface area contributed by atoms with Gasteiger partial charge in [0.2, 0.25) is 0 Å². The first-order valence-electron chi connectivity index (χ1n) is 11.4. The average Bonchev–Trinajstić information content (AvgIpc) is 3.22. The number of thiocarbonyl (C=S) groups is 2. The Balaban J connectivity index is 1.85. The molecule has 0 aliphatic carbocycles. The Hall–Kier alpha value is -1.58. The number of thioether (sulfide) groups is 2. The maximum absolute atomic E-state index is 13.0. The number of likely N-dealkylation sites (N-methyl/N-ethyl adjacent to an activating group) is 2. The Morgan fingerprint density at radius 1 is 0.750 bits per heavy atom. The fraction of sp³-hybridized carbons (Fsp3) is 0.636. The summed E-state index contributed by atoms with van der Waals surface area (Å²) in [7, 11) is 7.56. The number of hydrogen-bond donors (Lipinski definition) is 0. The van der Waals surface area contributed by atoms with Crippen molar-refractivity contribution in [1.29, 1.82) is 0 Å². The van der Waals surface area contributed by atoms with Crippen molar-refractivity contribution in [2.75, 3.05) is 67.6 Å². The quantitative estimate of drug-likeness (QED) is 0.171. The zero-order valence-corrected chi connectivity index (χ0v) is 24.2. The Labute approximate surface area is 231 Å². The van der Waals surface area contributed by atoms with Crippen molar-refractivity contribution in [1.82, 2.24) is 19.6 Å². The second-order valence-corrected chi connectivity index (χ2v) is 11.9. The van der Waals surface area contributed by atoms with Crippen LogP contribution in [0, 0.1) is 0 Å². The van der Waals surface area contributed by atoms with E-state index in [9.17, 15) is 19.2 Å². The van der Waals surface area contributed by atoms with E-state index < -0.39 is 0 Å². The summed E-state index contributed by atoms with van der Waals surface area (Å²) in [5.74, 6) is -1.39. The number of amides is 2. The third-order valence-corrected chi connectivity index (χ3v) is 8.06. The van der Waals surface area contributed by atoms with E-state index in [2.05, 4.69) is 0 Å². The SMILES string of the molecule is CN(C)CCOC(=O)CCCN1C(=O)/C(=C2/SC(=S)N(CCCC(=O)OCCN(C)C)C2=O)SC1=S. The minimum Gasteiger partial charge on any atom is -0.464 e. The van der Waals surface area contributed by atoms with Crippen LogP contribution in [0.2, 0.25) is 0 Å². The normalized spacial score (nSPS) is 18.3. The summed E-state index contributed by atoms with van der Waals surface area (Å²) in [6.07, 6.45) is 1.12. The van der Waals surface area contributed by atoms with E-state index in [1.807, 2.05) is 38.0 Å². The molecule has 0 radical (unpaired) electrons. The molecule has 2 saturated heterocycles. The van der Waals surface area contributed by atoms with E-state index in [0.29, 0.717) is 47.8 Å². The van der Waals surface area contributed by atoms with Gasteiger partial charge in [0.15, 0.2) is 0 Å². The second-order valence-electron chi connectivity index (χ2n) is 8.56. The summed E-state index contributed by atoms with van der Waals surface area (Å²) in [6.45, 7) is 2.41. The molecule has 0 atom stereocenters. The molecule has 0 aromatic carbocycles. The number of nitrogens with zero attached hydrogens (tertiary/aromatic N) is 4. The van der Waals surface area contributed by atoms with Gasteiger partial charge in [-0.1, -0.05) is 48.0 Å². The van der Waals surface area contributed by atoms with Crippen LogP contribution in [0.1, 0.15) is 25.7 Å². The molecule has 0 aromatic rings. The molecular formula is C22H32N4O6S4. The molecule has 0 saturated carbocycles. The molecule has 36 heavy (non-hydrogen) atoms. The fourth-order valence-electron chi connectivity index (χ4n) is 3.05. The number of rotatable bonds is 14. The lowest BCUT2D eigenvalue weighted by Gasteiger charge is -2.15. The van der Waals surface area contributed by atoms with E-state index in [-0.39, 0.29) is 59.5 Å². The first-order valence-corrected chi connectivity index (χ1v) is 13.9. The van der Waals surface area contributed by atoms with Gasteiger partial charge in [0.05, 0.1) is 9.81 Å². The molecule has 2 aliphatic heterocycles. The Morgan fingerprint density at radius 2 is 1.11 bits per heavy atom. The van der Waals surface area contributed by atoms with Gasteiger partial charge < -0.3 is 19.3 Å². The number of carbonyl (C=O) groups excluding carboxylic acids is 4. The van der Waals surface area contributed by atoms with E-state index in [1.165, 1.54) is 9.80 Å². The van der Waals surface area contributed by atoms with Crippen LogP contribution in [0.3, 0.4) is 0 Å². The number of ether oxygens (including phenoxy) is 2. The third kappa shape index (κ3) is 9.38. The summed E-state index contributed by atoms with van der Waals surface area (Å²) in [5.41, 5.74) is 0. The van der Waals surface area contributed by atoms with E-state index in [4.69, 9.17) is 33.9 Å². The Kier molecular flexibility index (Phi) is 12.8. The van der Waals surface area contributed by atoms with Gasteiger partial charge in [0.25, 0.3) is 11.8 Å². The molecule has 2 aliphatic rings. The van der Waals surface area contributed by atoms with Gasteiger partial charge in [-0.3, -0.25) is 29.0 Å². The highest BCUT2D eigenvalue weighted by Gasteiger charge is 2.41. The van der Waals surface area contributed by atoms with Crippen molar-refractivity contribution < 1.29 is 28.7 Å². The predicted molar refractivity (Wildman–Crippen MR) is 148 cm³/mol. The average molecular weight is 577 g/mol. The van der Waals surface area contributed by atoms with Gasteiger partial charge in [-0.15, -0.1) is 0 Å². The van der Waals surface area contributed by atoms with Crippen molar-refractivity contribution in [3.63, 3.8) is 0 Å². The summed E-state index contributed by atoms with van der Waals surface area (Å²) in [5, 5.41) is 0. The maximum Gasteiger partial charge on any atom is 0.305 e. The highest BCUT2D eigenvalue weighted by molar-refractivity contribution is 8.29. The molecule has 0 bridgehead atoms. The van der Waals surface area contributed by atoms with Gasteiger partial charge in [-0.25, -0.2) is 0 Å². The van der Waals surface area contributed by atoms with Crippen LogP contribution in [0.15, 0.2) is 9.81 Å². The zero-order valence-electron chi connectivity index (χ0n) is 20.9. The minimum atomic E-state index is -0.365. The Bertz CT molecular complexity index is 852. The molecule has 0 unspecified atom stereocenters. The third-order valence-electron chi connectivity index (χ3n) is 5.03. The highest BCUT2D eigenvalue weighted by Crippen LogP contribution is 2.42. The lowest BCUT2D eigenvalue weighted by molar-refractivity contribution is -0.145. The minimum absolute atomic E-state index is 0.166. The van der Waals surface area contributed by atoms with Crippen molar-refractivity contribution in [2.45, 2.75) is 25.7 Å². The monoisotopic (exact) mass is 576 g/mol. The summed E-state index contributed by atoms with van der Waals surface area (Å²) < 4.78 is 11.0. The molecule has 2 fully saturated rings. The van der Waals surface area contributed by atoms with Crippen LogP contribution in [0.5, 0.6) is 0 Å². The molecule has 2 heterocycles. The van der Waals surface area contributed by atoms with Crippen LogP contribution in [0.4, 0.5) is 0 Å². The fourth-order valence-corrected chi connectivity index (χ4v) is 5.82. The first-order chi connectivity index (χ1) is 17.0. The van der Waals surface area contributed by atoms with Gasteiger partial charge in [-0.05, 0) is 41.0 Å². The predicted octanol–water partition coefficient (Wildman–Crippen LogP) is 1.69. The first kappa shape index (κ1) is 30.6.